The van der Waals surface area contributed by atoms with Crippen molar-refractivity contribution in [2.45, 2.75) is 33.6 Å². The summed E-state index contributed by atoms with van der Waals surface area (Å²) in [5.74, 6) is 1.40. The summed E-state index contributed by atoms with van der Waals surface area (Å²) >= 11 is 0. The highest BCUT2D eigenvalue weighted by Crippen LogP contribution is 2.43. The van der Waals surface area contributed by atoms with E-state index in [1.807, 2.05) is 6.92 Å². The van der Waals surface area contributed by atoms with Gasteiger partial charge in [0.05, 0.1) is 0 Å². The van der Waals surface area contributed by atoms with Crippen LogP contribution in [0, 0.1) is 12.3 Å². The molecule has 3 heteroatoms. The lowest BCUT2D eigenvalue weighted by Crippen LogP contribution is -2.08. The first-order valence-corrected chi connectivity index (χ1v) is 4.61. The van der Waals surface area contributed by atoms with Crippen LogP contribution in [0.5, 0.6) is 0 Å². The molecule has 1 aliphatic carbocycles. The van der Waals surface area contributed by atoms with Crippen molar-refractivity contribution in [1.29, 1.82) is 0 Å². The number of aromatic nitrogens is 2. The standard InChI is InChI=1S/C10H14N2O/c1-7-11-9(13-12-7)8-5-4-6-10(8,2)3/h5H,4,6H2,1-3H3. The van der Waals surface area contributed by atoms with E-state index in [2.05, 4.69) is 30.1 Å². The van der Waals surface area contributed by atoms with E-state index in [1.165, 1.54) is 12.0 Å². The topological polar surface area (TPSA) is 38.9 Å². The van der Waals surface area contributed by atoms with Crippen LogP contribution in [-0.4, -0.2) is 10.1 Å². The Bertz CT molecular complexity index is 350. The van der Waals surface area contributed by atoms with Crippen molar-refractivity contribution in [2.75, 3.05) is 0 Å². The maximum absolute atomic E-state index is 5.15. The van der Waals surface area contributed by atoms with Gasteiger partial charge in [0.2, 0.25) is 0 Å². The molecule has 0 amide bonds. The number of allylic oxidation sites excluding steroid dienone is 2. The van der Waals surface area contributed by atoms with Gasteiger partial charge in [0.25, 0.3) is 5.89 Å². The van der Waals surface area contributed by atoms with E-state index in [0.717, 1.165) is 6.42 Å². The second-order valence-electron chi connectivity index (χ2n) is 4.19. The summed E-state index contributed by atoms with van der Waals surface area (Å²) in [6.07, 6.45) is 4.49. The Hall–Kier alpha value is -1.12. The molecule has 0 spiro atoms. The number of rotatable bonds is 1. The van der Waals surface area contributed by atoms with Gasteiger partial charge in [0.15, 0.2) is 5.82 Å². The van der Waals surface area contributed by atoms with Crippen LogP contribution in [0.25, 0.3) is 5.57 Å². The van der Waals surface area contributed by atoms with Crippen LogP contribution in [0.2, 0.25) is 0 Å². The van der Waals surface area contributed by atoms with Crippen LogP contribution in [-0.2, 0) is 0 Å². The summed E-state index contributed by atoms with van der Waals surface area (Å²) < 4.78 is 5.15. The molecule has 0 aliphatic heterocycles. The molecule has 70 valence electrons. The highest BCUT2D eigenvalue weighted by Gasteiger charge is 2.31. The Labute approximate surface area is 77.8 Å². The lowest BCUT2D eigenvalue weighted by Gasteiger charge is -2.19. The molecule has 1 aliphatic rings. The Balaban J connectivity index is 2.37. The lowest BCUT2D eigenvalue weighted by atomic mass is 9.86. The minimum absolute atomic E-state index is 0.193. The van der Waals surface area contributed by atoms with E-state index in [4.69, 9.17) is 4.52 Å². The SMILES string of the molecule is Cc1noc(C2=CCCC2(C)C)n1. The predicted molar refractivity (Wildman–Crippen MR) is 50.0 cm³/mol. The summed E-state index contributed by atoms with van der Waals surface area (Å²) in [6.45, 7) is 6.27. The molecule has 1 heterocycles. The van der Waals surface area contributed by atoms with Crippen LogP contribution in [0.1, 0.15) is 38.4 Å². The van der Waals surface area contributed by atoms with E-state index >= 15 is 0 Å². The molecule has 2 rings (SSSR count). The first-order chi connectivity index (χ1) is 6.09. The van der Waals surface area contributed by atoms with Gasteiger partial charge < -0.3 is 4.52 Å². The molecular weight excluding hydrogens is 164 g/mol. The molecule has 0 fully saturated rings. The van der Waals surface area contributed by atoms with Crippen LogP contribution in [0.4, 0.5) is 0 Å². The molecular formula is C10H14N2O. The molecule has 13 heavy (non-hydrogen) atoms. The molecule has 1 aromatic heterocycles. The fourth-order valence-electron chi connectivity index (χ4n) is 1.77. The molecule has 0 bridgehead atoms. The Morgan fingerprint density at radius 2 is 2.23 bits per heavy atom. The highest BCUT2D eigenvalue weighted by atomic mass is 16.5. The molecule has 1 aromatic rings. The van der Waals surface area contributed by atoms with E-state index in [-0.39, 0.29) is 5.41 Å². The number of hydrogen-bond acceptors (Lipinski definition) is 3. The van der Waals surface area contributed by atoms with E-state index in [0.29, 0.717) is 11.7 Å². The summed E-state index contributed by atoms with van der Waals surface area (Å²) in [5.41, 5.74) is 1.40. The van der Waals surface area contributed by atoms with E-state index < -0.39 is 0 Å². The zero-order chi connectivity index (χ0) is 9.47. The lowest BCUT2D eigenvalue weighted by molar-refractivity contribution is 0.386. The van der Waals surface area contributed by atoms with Crippen molar-refractivity contribution in [2.24, 2.45) is 5.41 Å². The van der Waals surface area contributed by atoms with Gasteiger partial charge in [-0.2, -0.15) is 4.98 Å². The smallest absolute Gasteiger partial charge is 0.254 e. The second kappa shape index (κ2) is 2.69. The summed E-state index contributed by atoms with van der Waals surface area (Å²) in [7, 11) is 0. The molecule has 0 N–H and O–H groups in total. The van der Waals surface area contributed by atoms with Gasteiger partial charge in [0.1, 0.15) is 0 Å². The van der Waals surface area contributed by atoms with Gasteiger partial charge >= 0.3 is 0 Å². The highest BCUT2D eigenvalue weighted by molar-refractivity contribution is 5.65. The van der Waals surface area contributed by atoms with Crippen molar-refractivity contribution < 1.29 is 4.52 Å². The fraction of sp³-hybridized carbons (Fsp3) is 0.600. The zero-order valence-electron chi connectivity index (χ0n) is 8.29. The first kappa shape index (κ1) is 8.48. The predicted octanol–water partition coefficient (Wildman–Crippen LogP) is 2.58. The second-order valence-corrected chi connectivity index (χ2v) is 4.19. The average molecular weight is 178 g/mol. The van der Waals surface area contributed by atoms with Gasteiger partial charge in [-0.3, -0.25) is 0 Å². The minimum Gasteiger partial charge on any atom is -0.334 e. The summed E-state index contributed by atoms with van der Waals surface area (Å²) in [5, 5.41) is 3.80. The Kier molecular flexibility index (Phi) is 1.75. The molecule has 0 radical (unpaired) electrons. The normalized spacial score (nSPS) is 20.4. The Morgan fingerprint density at radius 1 is 1.46 bits per heavy atom. The van der Waals surface area contributed by atoms with E-state index in [9.17, 15) is 0 Å². The van der Waals surface area contributed by atoms with Crippen molar-refractivity contribution in [1.82, 2.24) is 10.1 Å². The van der Waals surface area contributed by atoms with Gasteiger partial charge in [-0.15, -0.1) is 0 Å². The van der Waals surface area contributed by atoms with Crippen molar-refractivity contribution >= 4 is 5.57 Å². The third kappa shape index (κ3) is 1.39. The van der Waals surface area contributed by atoms with Gasteiger partial charge in [0, 0.05) is 5.57 Å². The molecule has 0 atom stereocenters. The van der Waals surface area contributed by atoms with Crippen LogP contribution >= 0.6 is 0 Å². The quantitative estimate of drug-likeness (QED) is 0.663. The number of nitrogens with zero attached hydrogens (tertiary/aromatic N) is 2. The number of aryl methyl sites for hydroxylation is 1. The molecule has 0 aromatic carbocycles. The molecule has 0 unspecified atom stereocenters. The van der Waals surface area contributed by atoms with Crippen molar-refractivity contribution in [3.05, 3.63) is 17.8 Å². The monoisotopic (exact) mass is 178 g/mol. The molecule has 0 saturated carbocycles. The van der Waals surface area contributed by atoms with Gasteiger partial charge in [-0.1, -0.05) is 25.1 Å². The summed E-state index contributed by atoms with van der Waals surface area (Å²) in [6, 6.07) is 0. The third-order valence-electron chi connectivity index (χ3n) is 2.60. The maximum atomic E-state index is 5.15. The largest absolute Gasteiger partial charge is 0.334 e. The van der Waals surface area contributed by atoms with Gasteiger partial charge in [-0.25, -0.2) is 0 Å². The first-order valence-electron chi connectivity index (χ1n) is 4.61. The van der Waals surface area contributed by atoms with Gasteiger partial charge in [-0.05, 0) is 25.2 Å². The van der Waals surface area contributed by atoms with Crippen LogP contribution < -0.4 is 0 Å². The Morgan fingerprint density at radius 3 is 2.69 bits per heavy atom. The van der Waals surface area contributed by atoms with Crippen LogP contribution in [0.3, 0.4) is 0 Å². The zero-order valence-corrected chi connectivity index (χ0v) is 8.29. The maximum Gasteiger partial charge on any atom is 0.254 e. The fourth-order valence-corrected chi connectivity index (χ4v) is 1.77. The van der Waals surface area contributed by atoms with Crippen molar-refractivity contribution in [3.8, 4) is 0 Å². The average Bonchev–Trinajstić information content (AvgIpc) is 2.56. The molecule has 3 nitrogen and oxygen atoms in total. The number of hydrogen-bond donors (Lipinski definition) is 0. The molecule has 0 saturated heterocycles. The van der Waals surface area contributed by atoms with Crippen LogP contribution in [0.15, 0.2) is 10.6 Å². The van der Waals surface area contributed by atoms with Crippen molar-refractivity contribution in [3.63, 3.8) is 0 Å². The minimum atomic E-state index is 0.193. The summed E-state index contributed by atoms with van der Waals surface area (Å²) in [4.78, 5) is 4.24. The van der Waals surface area contributed by atoms with E-state index in [1.54, 1.807) is 0 Å². The third-order valence-corrected chi connectivity index (χ3v) is 2.60.